The van der Waals surface area contributed by atoms with Gasteiger partial charge < -0.3 is 15.2 Å². The fourth-order valence-corrected chi connectivity index (χ4v) is 4.21. The smallest absolute Gasteiger partial charge is 0.260 e. The quantitative estimate of drug-likeness (QED) is 0.817. The molecule has 1 aliphatic heterocycles. The largest absolute Gasteiger partial charge is 0.360 e. The number of carbonyl (C=O) groups excluding carboxylic acids is 2. The first-order valence-electron chi connectivity index (χ1n) is 8.44. The molecule has 1 saturated heterocycles. The fraction of sp³-hybridized carbons (Fsp3) is 0.389. The number of amides is 2. The molecule has 25 heavy (non-hydrogen) atoms. The zero-order valence-electron chi connectivity index (χ0n) is 13.6. The lowest BCUT2D eigenvalue weighted by molar-refractivity contribution is -0.134. The van der Waals surface area contributed by atoms with Crippen molar-refractivity contribution in [3.63, 3.8) is 0 Å². The Hall–Kier alpha value is -2.34. The van der Waals surface area contributed by atoms with Gasteiger partial charge in [0.05, 0.1) is 5.52 Å². The Bertz CT molecular complexity index is 931. The van der Waals surface area contributed by atoms with Gasteiger partial charge in [0.2, 0.25) is 11.3 Å². The van der Waals surface area contributed by atoms with E-state index in [0.717, 1.165) is 12.8 Å². The molecule has 0 atom stereocenters. The van der Waals surface area contributed by atoms with E-state index in [2.05, 4.69) is 10.3 Å². The molecule has 130 valence electrons. The average molecular weight is 360 g/mol. The van der Waals surface area contributed by atoms with Gasteiger partial charge >= 0.3 is 0 Å². The lowest BCUT2D eigenvalue weighted by atomic mass is 9.90. The standard InChI is InChI=1S/C18H18ClN3O3/c19-11-3-4-12-14(9-11)21-10-13(15(12)23)16(24)22-8-7-20-17(25)18(22)5-1-2-6-18/h3-4,9-10H,1-2,5-8H2,(H,20,25)(H,21,23). The second kappa shape index (κ2) is 5.88. The molecule has 2 fully saturated rings. The van der Waals surface area contributed by atoms with Crippen molar-refractivity contribution in [3.8, 4) is 0 Å². The molecule has 7 heteroatoms. The van der Waals surface area contributed by atoms with Crippen LogP contribution in [0.15, 0.2) is 29.2 Å². The van der Waals surface area contributed by atoms with Crippen molar-refractivity contribution in [2.75, 3.05) is 13.1 Å². The van der Waals surface area contributed by atoms with Crippen molar-refractivity contribution in [2.24, 2.45) is 0 Å². The number of benzene rings is 1. The number of hydrogen-bond donors (Lipinski definition) is 2. The molecule has 1 spiro atoms. The maximum atomic E-state index is 13.1. The second-order valence-corrected chi connectivity index (χ2v) is 7.11. The molecule has 2 aromatic rings. The number of aromatic amines is 1. The summed E-state index contributed by atoms with van der Waals surface area (Å²) in [5.74, 6) is -0.483. The third kappa shape index (κ3) is 2.43. The van der Waals surface area contributed by atoms with Gasteiger partial charge in [-0.3, -0.25) is 14.4 Å². The molecule has 1 aromatic carbocycles. The number of halogens is 1. The molecule has 1 aromatic heterocycles. The van der Waals surface area contributed by atoms with Crippen LogP contribution in [0.1, 0.15) is 36.0 Å². The number of nitrogens with one attached hydrogen (secondary N) is 2. The topological polar surface area (TPSA) is 82.3 Å². The number of hydrogen-bond acceptors (Lipinski definition) is 3. The van der Waals surface area contributed by atoms with Gasteiger partial charge in [-0.15, -0.1) is 0 Å². The molecule has 0 unspecified atom stereocenters. The number of nitrogens with zero attached hydrogens (tertiary/aromatic N) is 1. The average Bonchev–Trinajstić information content (AvgIpc) is 3.07. The number of piperazine rings is 1. The normalized spacial score (nSPS) is 19.4. The number of rotatable bonds is 1. The van der Waals surface area contributed by atoms with Crippen LogP contribution >= 0.6 is 11.6 Å². The van der Waals surface area contributed by atoms with E-state index < -0.39 is 5.54 Å². The Labute approximate surface area is 149 Å². The first kappa shape index (κ1) is 16.1. The maximum absolute atomic E-state index is 13.1. The molecule has 2 aliphatic rings. The summed E-state index contributed by atoms with van der Waals surface area (Å²) in [7, 11) is 0. The Kier molecular flexibility index (Phi) is 3.80. The van der Waals surface area contributed by atoms with Crippen LogP contribution in [0.4, 0.5) is 0 Å². The van der Waals surface area contributed by atoms with Crippen LogP contribution in [0.25, 0.3) is 10.9 Å². The highest BCUT2D eigenvalue weighted by Gasteiger charge is 2.50. The maximum Gasteiger partial charge on any atom is 0.260 e. The molecule has 1 saturated carbocycles. The molecule has 2 N–H and O–H groups in total. The highest BCUT2D eigenvalue weighted by atomic mass is 35.5. The van der Waals surface area contributed by atoms with Gasteiger partial charge in [-0.1, -0.05) is 24.4 Å². The summed E-state index contributed by atoms with van der Waals surface area (Å²) in [5.41, 5.74) is -0.497. The SMILES string of the molecule is O=C(c1c[nH]c2cc(Cl)ccc2c1=O)N1CCNC(=O)C12CCCC2. The predicted octanol–water partition coefficient (Wildman–Crippen LogP) is 2.07. The number of H-pyrrole nitrogens is 1. The first-order chi connectivity index (χ1) is 12.0. The monoisotopic (exact) mass is 359 g/mol. The summed E-state index contributed by atoms with van der Waals surface area (Å²) >= 11 is 5.95. The molecule has 6 nitrogen and oxygen atoms in total. The van der Waals surface area contributed by atoms with E-state index in [1.165, 1.54) is 6.20 Å². The van der Waals surface area contributed by atoms with Crippen LogP contribution in [-0.4, -0.2) is 40.3 Å². The zero-order valence-corrected chi connectivity index (χ0v) is 14.4. The predicted molar refractivity (Wildman–Crippen MR) is 94.8 cm³/mol. The Morgan fingerprint density at radius 2 is 1.96 bits per heavy atom. The third-order valence-corrected chi connectivity index (χ3v) is 5.54. The highest BCUT2D eigenvalue weighted by Crippen LogP contribution is 2.37. The third-order valence-electron chi connectivity index (χ3n) is 5.31. The lowest BCUT2D eigenvalue weighted by Gasteiger charge is -2.43. The number of aromatic nitrogens is 1. The molecule has 0 bridgehead atoms. The minimum atomic E-state index is -0.809. The number of fused-ring (bicyclic) bond motifs is 1. The molecular weight excluding hydrogens is 342 g/mol. The summed E-state index contributed by atoms with van der Waals surface area (Å²) in [6.45, 7) is 0.829. The van der Waals surface area contributed by atoms with E-state index in [9.17, 15) is 14.4 Å². The number of carbonyl (C=O) groups is 2. The Morgan fingerprint density at radius 3 is 2.72 bits per heavy atom. The molecule has 1 aliphatic carbocycles. The van der Waals surface area contributed by atoms with Crippen molar-refractivity contribution in [1.29, 1.82) is 0 Å². The van der Waals surface area contributed by atoms with Gasteiger partial charge in [-0.05, 0) is 31.0 Å². The summed E-state index contributed by atoms with van der Waals surface area (Å²) in [6.07, 6.45) is 4.53. The molecule has 0 radical (unpaired) electrons. The van der Waals surface area contributed by atoms with E-state index in [1.807, 2.05) is 0 Å². The fourth-order valence-electron chi connectivity index (χ4n) is 4.03. The van der Waals surface area contributed by atoms with Crippen LogP contribution in [0, 0.1) is 0 Å². The van der Waals surface area contributed by atoms with Gasteiger partial charge in [-0.25, -0.2) is 0 Å². The van der Waals surface area contributed by atoms with E-state index in [4.69, 9.17) is 11.6 Å². The van der Waals surface area contributed by atoms with Crippen molar-refractivity contribution in [2.45, 2.75) is 31.2 Å². The van der Waals surface area contributed by atoms with Crippen molar-refractivity contribution in [3.05, 3.63) is 45.2 Å². The molecule has 2 heterocycles. The van der Waals surface area contributed by atoms with E-state index in [1.54, 1.807) is 23.1 Å². The van der Waals surface area contributed by atoms with E-state index in [-0.39, 0.29) is 22.8 Å². The lowest BCUT2D eigenvalue weighted by Crippen LogP contribution is -2.65. The number of pyridine rings is 1. The van der Waals surface area contributed by atoms with Gasteiger partial charge in [-0.2, -0.15) is 0 Å². The van der Waals surface area contributed by atoms with Crippen LogP contribution in [-0.2, 0) is 4.79 Å². The zero-order chi connectivity index (χ0) is 17.6. The first-order valence-corrected chi connectivity index (χ1v) is 8.82. The van der Waals surface area contributed by atoms with E-state index in [0.29, 0.717) is 41.9 Å². The Balaban J connectivity index is 1.79. The van der Waals surface area contributed by atoms with Crippen molar-refractivity contribution < 1.29 is 9.59 Å². The van der Waals surface area contributed by atoms with Gasteiger partial charge in [0.1, 0.15) is 11.1 Å². The van der Waals surface area contributed by atoms with Crippen LogP contribution in [0.3, 0.4) is 0 Å². The van der Waals surface area contributed by atoms with Crippen molar-refractivity contribution in [1.82, 2.24) is 15.2 Å². The van der Waals surface area contributed by atoms with Crippen LogP contribution in [0.5, 0.6) is 0 Å². The minimum absolute atomic E-state index is 0.0656. The second-order valence-electron chi connectivity index (χ2n) is 6.67. The summed E-state index contributed by atoms with van der Waals surface area (Å²) in [4.78, 5) is 43.0. The minimum Gasteiger partial charge on any atom is -0.360 e. The van der Waals surface area contributed by atoms with Crippen molar-refractivity contribution >= 4 is 34.3 Å². The van der Waals surface area contributed by atoms with Crippen LogP contribution < -0.4 is 10.7 Å². The molecule has 4 rings (SSSR count). The van der Waals surface area contributed by atoms with Gasteiger partial charge in [0.25, 0.3) is 5.91 Å². The van der Waals surface area contributed by atoms with Crippen LogP contribution in [0.2, 0.25) is 5.02 Å². The van der Waals surface area contributed by atoms with Gasteiger partial charge in [0, 0.05) is 29.7 Å². The Morgan fingerprint density at radius 1 is 1.20 bits per heavy atom. The van der Waals surface area contributed by atoms with Gasteiger partial charge in [0.15, 0.2) is 0 Å². The molecule has 2 amide bonds. The summed E-state index contributed by atoms with van der Waals surface area (Å²) in [6, 6.07) is 4.89. The molecular formula is C18H18ClN3O3. The van der Waals surface area contributed by atoms with E-state index >= 15 is 0 Å². The highest BCUT2D eigenvalue weighted by molar-refractivity contribution is 6.31. The summed E-state index contributed by atoms with van der Waals surface area (Å²) < 4.78 is 0. The summed E-state index contributed by atoms with van der Waals surface area (Å²) in [5, 5.41) is 3.80.